The summed E-state index contributed by atoms with van der Waals surface area (Å²) in [5.74, 6) is 1.15. The minimum Gasteiger partial charge on any atom is -0.207 e. The molecule has 1 radical (unpaired) electrons. The first kappa shape index (κ1) is 11.7. The van der Waals surface area contributed by atoms with E-state index >= 15 is 0 Å². The standard InChI is InChI=1S/C13H10Cl2F/c14-8-9-5-6-10(16)7-12(9)11-3-1-2-4-13(11)15/h1-4,6-7H,5,8H2. The Balaban J connectivity index is 2.45. The van der Waals surface area contributed by atoms with Gasteiger partial charge in [0.05, 0.1) is 0 Å². The van der Waals surface area contributed by atoms with Crippen LogP contribution in [0.25, 0.3) is 5.57 Å². The van der Waals surface area contributed by atoms with Crippen molar-refractivity contribution < 1.29 is 4.39 Å². The minimum absolute atomic E-state index is 0.233. The second-order valence-electron chi connectivity index (χ2n) is 3.57. The Kier molecular flexibility index (Phi) is 3.67. The molecule has 16 heavy (non-hydrogen) atoms. The summed E-state index contributed by atoms with van der Waals surface area (Å²) in [6, 6.07) is 7.39. The molecule has 0 nitrogen and oxygen atoms in total. The molecule has 3 heteroatoms. The van der Waals surface area contributed by atoms with Gasteiger partial charge >= 0.3 is 0 Å². The number of alkyl halides is 1. The van der Waals surface area contributed by atoms with Gasteiger partial charge in [0, 0.05) is 16.8 Å². The van der Waals surface area contributed by atoms with Crippen LogP contribution in [-0.4, -0.2) is 5.88 Å². The molecule has 2 rings (SSSR count). The molecule has 1 aliphatic carbocycles. The number of rotatable bonds is 2. The molecule has 0 heterocycles. The van der Waals surface area contributed by atoms with E-state index in [2.05, 4.69) is 0 Å². The molecule has 0 N–H and O–H groups in total. The maximum atomic E-state index is 13.2. The van der Waals surface area contributed by atoms with Gasteiger partial charge in [0.1, 0.15) is 5.83 Å². The number of hydrogen-bond donors (Lipinski definition) is 0. The number of hydrogen-bond acceptors (Lipinski definition) is 0. The fourth-order valence-corrected chi connectivity index (χ4v) is 2.19. The van der Waals surface area contributed by atoms with Crippen LogP contribution >= 0.6 is 23.2 Å². The first-order valence-corrected chi connectivity index (χ1v) is 5.87. The summed E-state index contributed by atoms with van der Waals surface area (Å²) in [7, 11) is 0. The van der Waals surface area contributed by atoms with Crippen LogP contribution in [0.5, 0.6) is 0 Å². The Hall–Kier alpha value is -0.790. The highest BCUT2D eigenvalue weighted by Gasteiger charge is 2.20. The quantitative estimate of drug-likeness (QED) is 0.667. The average Bonchev–Trinajstić information content (AvgIpc) is 2.29. The molecule has 0 atom stereocenters. The molecule has 1 aromatic carbocycles. The maximum Gasteiger partial charge on any atom is 0.119 e. The molecule has 0 saturated heterocycles. The van der Waals surface area contributed by atoms with E-state index in [1.807, 2.05) is 18.2 Å². The van der Waals surface area contributed by atoms with Gasteiger partial charge in [-0.25, -0.2) is 4.39 Å². The van der Waals surface area contributed by atoms with E-state index in [-0.39, 0.29) is 5.83 Å². The van der Waals surface area contributed by atoms with Gasteiger partial charge in [0.2, 0.25) is 0 Å². The van der Waals surface area contributed by atoms with Crippen LogP contribution in [0.4, 0.5) is 4.39 Å². The molecule has 0 aromatic heterocycles. The van der Waals surface area contributed by atoms with Gasteiger partial charge in [-0.1, -0.05) is 29.8 Å². The lowest BCUT2D eigenvalue weighted by atomic mass is 9.87. The van der Waals surface area contributed by atoms with Crippen molar-refractivity contribution in [2.45, 2.75) is 6.42 Å². The molecule has 1 aromatic rings. The Morgan fingerprint density at radius 3 is 2.69 bits per heavy atom. The highest BCUT2D eigenvalue weighted by Crippen LogP contribution is 2.37. The van der Waals surface area contributed by atoms with Crippen LogP contribution in [0.1, 0.15) is 12.0 Å². The third kappa shape index (κ3) is 2.31. The van der Waals surface area contributed by atoms with Crippen LogP contribution in [-0.2, 0) is 0 Å². The van der Waals surface area contributed by atoms with Crippen LogP contribution < -0.4 is 0 Å². The van der Waals surface area contributed by atoms with Crippen LogP contribution in [0.3, 0.4) is 0 Å². The third-order valence-electron chi connectivity index (χ3n) is 2.53. The normalized spacial score (nSPS) is 16.9. The summed E-state index contributed by atoms with van der Waals surface area (Å²) in [5, 5.41) is 0.617. The van der Waals surface area contributed by atoms with Crippen LogP contribution in [0.15, 0.2) is 42.2 Å². The van der Waals surface area contributed by atoms with E-state index in [4.69, 9.17) is 23.2 Å². The summed E-state index contributed by atoms with van der Waals surface area (Å²) in [5.41, 5.74) is 1.64. The largest absolute Gasteiger partial charge is 0.207 e. The summed E-state index contributed by atoms with van der Waals surface area (Å²) in [6.07, 6.45) is 3.56. The van der Waals surface area contributed by atoms with Crippen molar-refractivity contribution in [1.29, 1.82) is 0 Å². The van der Waals surface area contributed by atoms with Crippen molar-refractivity contribution >= 4 is 28.8 Å². The van der Waals surface area contributed by atoms with Gasteiger partial charge in [0.25, 0.3) is 0 Å². The van der Waals surface area contributed by atoms with E-state index < -0.39 is 0 Å². The van der Waals surface area contributed by atoms with Crippen molar-refractivity contribution in [2.75, 3.05) is 5.88 Å². The second-order valence-corrected chi connectivity index (χ2v) is 4.24. The molecule has 1 aliphatic rings. The van der Waals surface area contributed by atoms with Crippen LogP contribution in [0.2, 0.25) is 5.02 Å². The van der Waals surface area contributed by atoms with Crippen molar-refractivity contribution in [1.82, 2.24) is 0 Å². The molecule has 0 bridgehead atoms. The third-order valence-corrected chi connectivity index (χ3v) is 3.18. The first-order chi connectivity index (χ1) is 7.72. The van der Waals surface area contributed by atoms with Gasteiger partial charge in [0.15, 0.2) is 0 Å². The Labute approximate surface area is 104 Å². The molecule has 0 unspecified atom stereocenters. The molecule has 0 spiro atoms. The SMILES string of the molecule is FC1=CC[C](CCl)C(c2ccccc2Cl)=C1. The highest BCUT2D eigenvalue weighted by atomic mass is 35.5. The van der Waals surface area contributed by atoms with E-state index in [1.54, 1.807) is 6.07 Å². The van der Waals surface area contributed by atoms with Gasteiger partial charge < -0.3 is 0 Å². The van der Waals surface area contributed by atoms with Crippen molar-refractivity contribution in [3.05, 3.63) is 58.7 Å². The van der Waals surface area contributed by atoms with E-state index in [1.165, 1.54) is 12.2 Å². The Morgan fingerprint density at radius 2 is 2.00 bits per heavy atom. The molecule has 83 valence electrons. The zero-order valence-electron chi connectivity index (χ0n) is 8.51. The van der Waals surface area contributed by atoms with Gasteiger partial charge in [-0.05, 0) is 35.8 Å². The fraction of sp³-hybridized carbons (Fsp3) is 0.154. The molecule has 0 aliphatic heterocycles. The van der Waals surface area contributed by atoms with E-state index in [0.717, 1.165) is 17.1 Å². The molecular formula is C13H10Cl2F. The summed E-state index contributed by atoms with van der Waals surface area (Å²) in [4.78, 5) is 0. The van der Waals surface area contributed by atoms with Gasteiger partial charge in [-0.2, -0.15) is 0 Å². The first-order valence-electron chi connectivity index (χ1n) is 4.95. The van der Waals surface area contributed by atoms with Gasteiger partial charge in [-0.3, -0.25) is 0 Å². The molecule has 0 saturated carbocycles. The monoisotopic (exact) mass is 255 g/mol. The lowest BCUT2D eigenvalue weighted by Crippen LogP contribution is -2.06. The van der Waals surface area contributed by atoms with Crippen molar-refractivity contribution in [3.63, 3.8) is 0 Å². The summed E-state index contributed by atoms with van der Waals surface area (Å²) < 4.78 is 13.2. The Bertz CT molecular complexity index is 449. The highest BCUT2D eigenvalue weighted by molar-refractivity contribution is 6.32. The molecule has 0 amide bonds. The average molecular weight is 256 g/mol. The number of halogens is 3. The van der Waals surface area contributed by atoms with E-state index in [9.17, 15) is 4.39 Å². The fourth-order valence-electron chi connectivity index (χ4n) is 1.70. The Morgan fingerprint density at radius 1 is 1.25 bits per heavy atom. The smallest absolute Gasteiger partial charge is 0.119 e. The molecular weight excluding hydrogens is 246 g/mol. The number of allylic oxidation sites excluding steroid dienone is 4. The lowest BCUT2D eigenvalue weighted by Gasteiger charge is -2.20. The van der Waals surface area contributed by atoms with Crippen molar-refractivity contribution in [2.24, 2.45) is 0 Å². The zero-order valence-corrected chi connectivity index (χ0v) is 10.0. The number of benzene rings is 1. The second kappa shape index (κ2) is 5.03. The zero-order chi connectivity index (χ0) is 11.5. The van der Waals surface area contributed by atoms with Crippen LogP contribution in [0, 0.1) is 5.92 Å². The minimum atomic E-state index is -0.233. The predicted octanol–water partition coefficient (Wildman–Crippen LogP) is 4.79. The van der Waals surface area contributed by atoms with Crippen molar-refractivity contribution in [3.8, 4) is 0 Å². The molecule has 0 fully saturated rings. The topological polar surface area (TPSA) is 0 Å². The maximum absolute atomic E-state index is 13.2. The lowest BCUT2D eigenvalue weighted by molar-refractivity contribution is 0.657. The van der Waals surface area contributed by atoms with Gasteiger partial charge in [-0.15, -0.1) is 11.6 Å². The van der Waals surface area contributed by atoms with E-state index in [0.29, 0.717) is 17.3 Å². The summed E-state index contributed by atoms with van der Waals surface area (Å²) in [6.45, 7) is 0. The summed E-state index contributed by atoms with van der Waals surface area (Å²) >= 11 is 11.9. The predicted molar refractivity (Wildman–Crippen MR) is 67.2 cm³/mol.